The average molecular weight is 972 g/mol. The molecule has 1 atom stereocenters. The Morgan fingerprint density at radius 1 is 1.01 bits per heavy atom. The van der Waals surface area contributed by atoms with Crippen molar-refractivity contribution in [2.45, 2.75) is 56.5 Å². The molecule has 2 aromatic heterocycles. The molecule has 19 heteroatoms. The van der Waals surface area contributed by atoms with Gasteiger partial charge in [0.1, 0.15) is 22.7 Å². The fourth-order valence-electron chi connectivity index (χ4n) is 9.61. The summed E-state index contributed by atoms with van der Waals surface area (Å²) >= 11 is 6.27. The summed E-state index contributed by atoms with van der Waals surface area (Å²) in [5, 5.41) is 27.0. The Kier molecular flexibility index (Phi) is 13.4. The molecule has 1 amide bonds. The quantitative estimate of drug-likeness (QED) is 0.0654. The zero-order valence-corrected chi connectivity index (χ0v) is 39.7. The second kappa shape index (κ2) is 19.3. The van der Waals surface area contributed by atoms with Crippen LogP contribution < -0.4 is 24.6 Å². The highest BCUT2D eigenvalue weighted by Gasteiger charge is 2.35. The summed E-state index contributed by atoms with van der Waals surface area (Å²) in [5.41, 5.74) is 4.17. The topological polar surface area (TPSA) is 195 Å². The number of rotatable bonds is 13. The van der Waals surface area contributed by atoms with Crippen molar-refractivity contribution < 1.29 is 37.1 Å². The Morgan fingerprint density at radius 3 is 2.51 bits per heavy atom. The van der Waals surface area contributed by atoms with Crippen molar-refractivity contribution in [2.24, 2.45) is 11.3 Å². The van der Waals surface area contributed by atoms with Gasteiger partial charge in [0.15, 0.2) is 0 Å². The van der Waals surface area contributed by atoms with E-state index in [2.05, 4.69) is 50.8 Å². The average Bonchev–Trinajstić information content (AvgIpc) is 3.71. The number of sulfonamides is 1. The SMILES string of the molecule is CC1(C)CCC(CN2CCN(c3ccc(C(=O)NS(=O)(=O)c4ccc(NCC5(F)CCOCC5)c([N+](=O)[O-])c4)c(N4CC(CO)COc5nc6[nH]ccc6cc54)c3)CC2)=C(c2ccc(Cl)cc2)C1. The normalized spacial score (nSPS) is 19.8. The largest absolute Gasteiger partial charge is 0.476 e. The molecular formula is C49H56ClFN8O8S. The molecule has 0 saturated carbocycles. The van der Waals surface area contributed by atoms with Gasteiger partial charge in [0.05, 0.1) is 34.3 Å². The molecule has 4 N–H and O–H groups in total. The number of aliphatic hydroxyl groups excluding tert-OH is 1. The Morgan fingerprint density at radius 2 is 1.78 bits per heavy atom. The third-order valence-electron chi connectivity index (χ3n) is 13.7. The second-order valence-corrected chi connectivity index (χ2v) is 21.2. The number of hydrogen-bond donors (Lipinski definition) is 4. The van der Waals surface area contributed by atoms with Crippen LogP contribution >= 0.6 is 11.6 Å². The molecule has 3 aliphatic heterocycles. The highest BCUT2D eigenvalue weighted by Crippen LogP contribution is 2.44. The Labute approximate surface area is 399 Å². The molecule has 5 heterocycles. The molecule has 1 aliphatic carbocycles. The monoisotopic (exact) mass is 970 g/mol. The van der Waals surface area contributed by atoms with Gasteiger partial charge in [0.2, 0.25) is 5.88 Å². The number of carbonyl (C=O) groups is 1. The number of alkyl halides is 1. The van der Waals surface area contributed by atoms with Gasteiger partial charge in [-0.15, -0.1) is 0 Å². The molecule has 0 spiro atoms. The maximum Gasteiger partial charge on any atom is 0.293 e. The molecule has 9 rings (SSSR count). The first-order chi connectivity index (χ1) is 32.6. The highest BCUT2D eigenvalue weighted by molar-refractivity contribution is 7.90. The summed E-state index contributed by atoms with van der Waals surface area (Å²) < 4.78 is 56.9. The van der Waals surface area contributed by atoms with Gasteiger partial charge < -0.3 is 34.7 Å². The first kappa shape index (κ1) is 47.3. The van der Waals surface area contributed by atoms with E-state index in [-0.39, 0.29) is 74.9 Å². The number of hydrogen-bond acceptors (Lipinski definition) is 13. The van der Waals surface area contributed by atoms with Crippen molar-refractivity contribution in [1.82, 2.24) is 19.6 Å². The molecule has 68 heavy (non-hydrogen) atoms. The van der Waals surface area contributed by atoms with E-state index in [1.54, 1.807) is 18.3 Å². The van der Waals surface area contributed by atoms with Crippen molar-refractivity contribution in [3.63, 3.8) is 0 Å². The minimum Gasteiger partial charge on any atom is -0.476 e. The first-order valence-electron chi connectivity index (χ1n) is 23.0. The van der Waals surface area contributed by atoms with Crippen LogP contribution in [0.1, 0.15) is 61.9 Å². The molecular weight excluding hydrogens is 915 g/mol. The Balaban J connectivity index is 1.01. The lowest BCUT2D eigenvalue weighted by Crippen LogP contribution is -2.47. The van der Waals surface area contributed by atoms with Gasteiger partial charge in [-0.2, -0.15) is 4.98 Å². The molecule has 16 nitrogen and oxygen atoms in total. The molecule has 0 radical (unpaired) electrons. The van der Waals surface area contributed by atoms with Gasteiger partial charge in [0, 0.05) is 106 Å². The van der Waals surface area contributed by atoms with E-state index in [4.69, 9.17) is 26.1 Å². The standard InChI is InChI=1S/C49H56ClFN8O8S/c1-48(2)13-11-35(40(26-48)33-3-5-36(50)6-4-33)28-56-17-19-57(20-18-56)37-7-9-39(42(24-37)58-27-32(29-60)30-67-47-44(58)23-34-12-16-52-45(34)54-47)46(61)55-68(64,65)38-8-10-41(43(25-38)59(62)63)53-31-49(51)14-21-66-22-15-49/h3-10,12,16,23-25,32,53,60H,11,13-15,17-22,26-31H2,1-2H3,(H,52,54)(H,55,61). The van der Waals surface area contributed by atoms with E-state index in [1.807, 2.05) is 35.2 Å². The number of carbonyl (C=O) groups excluding carboxylic acids is 1. The molecule has 5 aromatic rings. The van der Waals surface area contributed by atoms with Crippen LogP contribution in [0.5, 0.6) is 5.88 Å². The second-order valence-electron chi connectivity index (χ2n) is 19.1. The van der Waals surface area contributed by atoms with E-state index in [9.17, 15) is 28.4 Å². The molecule has 360 valence electrons. The molecule has 2 fully saturated rings. The molecule has 3 aromatic carbocycles. The predicted molar refractivity (Wildman–Crippen MR) is 260 cm³/mol. The molecule has 4 aliphatic rings. The number of allylic oxidation sites excluding steroid dienone is 1. The summed E-state index contributed by atoms with van der Waals surface area (Å²) in [7, 11) is -4.71. The Hall–Kier alpha value is -5.79. The van der Waals surface area contributed by atoms with Gasteiger partial charge in [-0.25, -0.2) is 17.5 Å². The minimum absolute atomic E-state index is 0.00551. The number of piperazine rings is 1. The number of anilines is 4. The molecule has 0 bridgehead atoms. The Bertz CT molecular complexity index is 2840. The van der Waals surface area contributed by atoms with Crippen molar-refractivity contribution in [3.05, 3.63) is 111 Å². The number of nitro benzene ring substituents is 1. The number of H-pyrrole nitrogens is 1. The van der Waals surface area contributed by atoms with E-state index >= 15 is 4.39 Å². The lowest BCUT2D eigenvalue weighted by atomic mass is 9.72. The predicted octanol–water partition coefficient (Wildman–Crippen LogP) is 8.10. The number of aliphatic hydroxyl groups is 1. The summed E-state index contributed by atoms with van der Waals surface area (Å²) in [6, 6.07) is 20.3. The molecule has 1 unspecified atom stereocenters. The lowest BCUT2D eigenvalue weighted by molar-refractivity contribution is -0.384. The smallest absolute Gasteiger partial charge is 0.293 e. The maximum absolute atomic E-state index is 15.4. The number of halogens is 2. The minimum atomic E-state index is -4.71. The number of benzene rings is 3. The van der Waals surface area contributed by atoms with Gasteiger partial charge >= 0.3 is 0 Å². The van der Waals surface area contributed by atoms with E-state index in [0.717, 1.165) is 62.1 Å². The van der Waals surface area contributed by atoms with E-state index in [1.165, 1.54) is 22.8 Å². The summed E-state index contributed by atoms with van der Waals surface area (Å²) in [5.74, 6) is -1.13. The number of aromatic amines is 1. The van der Waals surface area contributed by atoms with Gasteiger partial charge in [-0.3, -0.25) is 19.8 Å². The van der Waals surface area contributed by atoms with Gasteiger partial charge in [-0.1, -0.05) is 43.2 Å². The number of pyridine rings is 1. The van der Waals surface area contributed by atoms with E-state index in [0.29, 0.717) is 35.1 Å². The number of nitrogens with zero attached hydrogens (tertiary/aromatic N) is 5. The van der Waals surface area contributed by atoms with Gasteiger partial charge in [0.25, 0.3) is 21.6 Å². The van der Waals surface area contributed by atoms with Crippen LogP contribution in [0.15, 0.2) is 89.5 Å². The third kappa shape index (κ3) is 10.3. The number of fused-ring (bicyclic) bond motifs is 2. The zero-order valence-electron chi connectivity index (χ0n) is 38.1. The summed E-state index contributed by atoms with van der Waals surface area (Å²) in [4.78, 5) is 39.8. The number of ether oxygens (including phenoxy) is 2. The first-order valence-corrected chi connectivity index (χ1v) is 24.9. The van der Waals surface area contributed by atoms with E-state index < -0.39 is 43.0 Å². The fraction of sp³-hybridized carbons (Fsp3) is 0.429. The number of amides is 1. The van der Waals surface area contributed by atoms with Crippen LogP contribution in [0.4, 0.5) is 32.8 Å². The number of nitro groups is 1. The van der Waals surface area contributed by atoms with Crippen LogP contribution in [0.2, 0.25) is 5.02 Å². The van der Waals surface area contributed by atoms with Crippen molar-refractivity contribution in [2.75, 3.05) is 87.4 Å². The third-order valence-corrected chi connectivity index (χ3v) is 15.2. The highest BCUT2D eigenvalue weighted by atomic mass is 35.5. The summed E-state index contributed by atoms with van der Waals surface area (Å²) in [6.45, 7) is 8.73. The zero-order chi connectivity index (χ0) is 47.8. The molecule has 2 saturated heterocycles. The van der Waals surface area contributed by atoms with Crippen molar-refractivity contribution >= 4 is 72.6 Å². The fourth-order valence-corrected chi connectivity index (χ4v) is 10.7. The van der Waals surface area contributed by atoms with Crippen LogP contribution in [0.3, 0.4) is 0 Å². The summed E-state index contributed by atoms with van der Waals surface area (Å²) in [6.07, 6.45) is 5.09. The number of nitrogens with one attached hydrogen (secondary N) is 3. The van der Waals surface area contributed by atoms with Crippen LogP contribution in [0, 0.1) is 21.4 Å². The number of aromatic nitrogens is 2. The van der Waals surface area contributed by atoms with Crippen LogP contribution in [-0.2, 0) is 14.8 Å². The van der Waals surface area contributed by atoms with Gasteiger partial charge in [-0.05, 0) is 90.4 Å². The van der Waals surface area contributed by atoms with Crippen LogP contribution in [0.25, 0.3) is 16.6 Å². The lowest BCUT2D eigenvalue weighted by Gasteiger charge is -2.39. The van der Waals surface area contributed by atoms with Crippen molar-refractivity contribution in [1.29, 1.82) is 0 Å². The van der Waals surface area contributed by atoms with Crippen molar-refractivity contribution in [3.8, 4) is 5.88 Å². The van der Waals surface area contributed by atoms with Crippen LogP contribution in [-0.4, -0.2) is 117 Å². The maximum atomic E-state index is 15.4.